The zero-order valence-corrected chi connectivity index (χ0v) is 17.4. The molecule has 0 saturated heterocycles. The highest BCUT2D eigenvalue weighted by Gasteiger charge is 2.47. The molecule has 10 heteroatoms. The Kier molecular flexibility index (Phi) is 7.83. The van der Waals surface area contributed by atoms with Gasteiger partial charge in [-0.15, -0.1) is 0 Å². The van der Waals surface area contributed by atoms with E-state index in [0.717, 1.165) is 17.7 Å². The van der Waals surface area contributed by atoms with Crippen molar-refractivity contribution in [1.29, 1.82) is 0 Å². The van der Waals surface area contributed by atoms with Crippen molar-refractivity contribution < 1.29 is 32.3 Å². The number of para-hydroxylation sites is 1. The summed E-state index contributed by atoms with van der Waals surface area (Å²) in [5.74, 6) is -3.90. The summed E-state index contributed by atoms with van der Waals surface area (Å²) in [6.07, 6.45) is -1.11. The van der Waals surface area contributed by atoms with Gasteiger partial charge in [-0.3, -0.25) is 15.3 Å². The topological polar surface area (TPSA) is 102 Å². The normalized spacial score (nSPS) is 16.5. The van der Waals surface area contributed by atoms with Gasteiger partial charge >= 0.3 is 12.1 Å². The molecule has 0 aliphatic carbocycles. The van der Waals surface area contributed by atoms with Crippen molar-refractivity contribution in [3.8, 4) is 0 Å². The van der Waals surface area contributed by atoms with Gasteiger partial charge in [-0.05, 0) is 24.5 Å². The summed E-state index contributed by atoms with van der Waals surface area (Å²) in [6, 6.07) is 6.84. The van der Waals surface area contributed by atoms with Crippen LogP contribution in [0.3, 0.4) is 0 Å². The molecule has 3 N–H and O–H groups in total. The highest BCUT2D eigenvalue weighted by atomic mass is 19.4. The molecule has 0 bridgehead atoms. The number of alkyl halides is 3. The van der Waals surface area contributed by atoms with Gasteiger partial charge in [0.2, 0.25) is 5.72 Å². The average Bonchev–Trinajstić information content (AvgIpc) is 3.15. The molecule has 2 amide bonds. The summed E-state index contributed by atoms with van der Waals surface area (Å²) in [7, 11) is 0. The lowest BCUT2D eigenvalue weighted by atomic mass is 10.1. The molecule has 1 aliphatic rings. The second-order valence-corrected chi connectivity index (χ2v) is 7.23. The minimum Gasteiger partial charge on any atom is -0.428 e. The van der Waals surface area contributed by atoms with E-state index < -0.39 is 29.8 Å². The Morgan fingerprint density at radius 3 is 2.55 bits per heavy atom. The molecule has 0 spiro atoms. The van der Waals surface area contributed by atoms with Crippen LogP contribution in [-0.2, 0) is 25.5 Å². The number of fused-ring (bicyclic) bond motifs is 1. The molecular formula is C21H26F3N3O4. The molecule has 170 valence electrons. The molecule has 0 fully saturated rings. The van der Waals surface area contributed by atoms with Crippen molar-refractivity contribution in [3.05, 3.63) is 42.0 Å². The van der Waals surface area contributed by atoms with Crippen LogP contribution < -0.4 is 16.0 Å². The molecule has 1 aromatic carbocycles. The van der Waals surface area contributed by atoms with E-state index in [1.165, 1.54) is 19.1 Å². The molecule has 2 rings (SSSR count). The number of amides is 2. The fourth-order valence-corrected chi connectivity index (χ4v) is 3.18. The van der Waals surface area contributed by atoms with Gasteiger partial charge in [0.25, 0.3) is 11.8 Å². The van der Waals surface area contributed by atoms with Crippen molar-refractivity contribution in [1.82, 2.24) is 5.32 Å². The number of nitrogens with two attached hydrogens (primary N) is 1. The van der Waals surface area contributed by atoms with Gasteiger partial charge in [0.05, 0.1) is 0 Å². The first-order valence-electron chi connectivity index (χ1n) is 9.99. The number of esters is 1. The van der Waals surface area contributed by atoms with Crippen LogP contribution in [0.2, 0.25) is 0 Å². The lowest BCUT2D eigenvalue weighted by Gasteiger charge is -2.28. The molecule has 0 radical (unpaired) electrons. The molecule has 2 atom stereocenters. The third-order valence-corrected chi connectivity index (χ3v) is 4.96. The minimum atomic E-state index is -5.28. The van der Waals surface area contributed by atoms with E-state index in [4.69, 9.17) is 5.73 Å². The van der Waals surface area contributed by atoms with E-state index in [1.807, 2.05) is 31.2 Å². The number of hydrogen-bond acceptors (Lipinski definition) is 5. The van der Waals surface area contributed by atoms with E-state index in [-0.39, 0.29) is 12.3 Å². The molecule has 1 aromatic rings. The van der Waals surface area contributed by atoms with Gasteiger partial charge < -0.3 is 15.0 Å². The summed E-state index contributed by atoms with van der Waals surface area (Å²) >= 11 is 0. The Labute approximate surface area is 178 Å². The quantitative estimate of drug-likeness (QED) is 0.367. The smallest absolute Gasteiger partial charge is 0.428 e. The van der Waals surface area contributed by atoms with Crippen LogP contribution in [0, 0.1) is 0 Å². The maximum atomic E-state index is 12.6. The molecule has 0 unspecified atom stereocenters. The van der Waals surface area contributed by atoms with Crippen molar-refractivity contribution in [3.63, 3.8) is 0 Å². The fourth-order valence-electron chi connectivity index (χ4n) is 3.18. The van der Waals surface area contributed by atoms with Gasteiger partial charge in [-0.1, -0.05) is 44.5 Å². The van der Waals surface area contributed by atoms with Crippen LogP contribution in [0.4, 0.5) is 18.9 Å². The summed E-state index contributed by atoms with van der Waals surface area (Å²) in [4.78, 5) is 37.9. The van der Waals surface area contributed by atoms with Crippen molar-refractivity contribution in [2.45, 2.75) is 57.5 Å². The molecule has 7 nitrogen and oxygen atoms in total. The number of nitrogens with one attached hydrogen (secondary N) is 1. The number of rotatable bonds is 8. The van der Waals surface area contributed by atoms with Gasteiger partial charge in [0.1, 0.15) is 0 Å². The van der Waals surface area contributed by atoms with Gasteiger partial charge in [-0.2, -0.15) is 13.2 Å². The first-order chi connectivity index (χ1) is 14.5. The van der Waals surface area contributed by atoms with E-state index >= 15 is 0 Å². The van der Waals surface area contributed by atoms with Crippen LogP contribution >= 0.6 is 0 Å². The second-order valence-electron chi connectivity index (χ2n) is 7.23. The predicted molar refractivity (Wildman–Crippen MR) is 108 cm³/mol. The first kappa shape index (κ1) is 24.4. The standard InChI is InChI=1S/C21H26F3N3O4/c1-3-7-15(26-18(29)20(25,4-2)31-19(30)21(22,23)24)10-11-17(28)27-13-12-14-8-5-6-9-16(14)27/h5-6,8-11,15H,3-4,7,12-13,25H2,1-2H3,(H,26,29)/b11-10+/t15-,20-/m0/s1. The van der Waals surface area contributed by atoms with E-state index in [2.05, 4.69) is 10.1 Å². The van der Waals surface area contributed by atoms with E-state index in [1.54, 1.807) is 4.90 Å². The SMILES string of the molecule is CCC[C@@H](/C=C/C(=O)N1CCc2ccccc21)NC(=O)[C@](N)(CC)OC(=O)C(F)(F)F. The Balaban J connectivity index is 2.08. The van der Waals surface area contributed by atoms with Crippen molar-refractivity contribution in [2.24, 2.45) is 5.73 Å². The number of anilines is 1. The lowest BCUT2D eigenvalue weighted by Crippen LogP contribution is -2.59. The Bertz CT molecular complexity index is 857. The lowest BCUT2D eigenvalue weighted by molar-refractivity contribution is -0.214. The molecule has 1 heterocycles. The minimum absolute atomic E-state index is 0.279. The Hall–Kier alpha value is -2.88. The molecule has 31 heavy (non-hydrogen) atoms. The van der Waals surface area contributed by atoms with Crippen molar-refractivity contribution >= 4 is 23.5 Å². The largest absolute Gasteiger partial charge is 0.491 e. The first-order valence-corrected chi connectivity index (χ1v) is 9.99. The zero-order chi connectivity index (χ0) is 23.2. The number of halogens is 3. The van der Waals surface area contributed by atoms with Gasteiger partial charge in [0, 0.05) is 30.8 Å². The third kappa shape index (κ3) is 6.06. The molecular weight excluding hydrogens is 415 g/mol. The fraction of sp³-hybridized carbons (Fsp3) is 0.476. The van der Waals surface area contributed by atoms with Crippen LogP contribution in [0.15, 0.2) is 36.4 Å². The summed E-state index contributed by atoms with van der Waals surface area (Å²) in [5.41, 5.74) is 5.03. The van der Waals surface area contributed by atoms with Crippen LogP contribution in [0.1, 0.15) is 38.7 Å². The second kappa shape index (κ2) is 9.95. The number of hydrogen-bond donors (Lipinski definition) is 2. The van der Waals surface area contributed by atoms with Crippen LogP contribution in [0.5, 0.6) is 0 Å². The Morgan fingerprint density at radius 2 is 1.94 bits per heavy atom. The van der Waals surface area contributed by atoms with E-state index in [0.29, 0.717) is 19.4 Å². The van der Waals surface area contributed by atoms with Crippen molar-refractivity contribution in [2.75, 3.05) is 11.4 Å². The van der Waals surface area contributed by atoms with Gasteiger partial charge in [-0.25, -0.2) is 4.79 Å². The average molecular weight is 441 g/mol. The Morgan fingerprint density at radius 1 is 1.26 bits per heavy atom. The van der Waals surface area contributed by atoms with E-state index in [9.17, 15) is 27.6 Å². The number of nitrogens with zero attached hydrogens (tertiary/aromatic N) is 1. The predicted octanol–water partition coefficient (Wildman–Crippen LogP) is 2.59. The molecule has 0 aromatic heterocycles. The van der Waals surface area contributed by atoms with Crippen LogP contribution in [0.25, 0.3) is 0 Å². The maximum Gasteiger partial charge on any atom is 0.491 e. The number of benzene rings is 1. The number of ether oxygens (including phenoxy) is 1. The summed E-state index contributed by atoms with van der Waals surface area (Å²) in [6.45, 7) is 3.69. The zero-order valence-electron chi connectivity index (χ0n) is 17.4. The molecule has 1 aliphatic heterocycles. The monoisotopic (exact) mass is 441 g/mol. The number of carbonyl (C=O) groups is 3. The summed E-state index contributed by atoms with van der Waals surface area (Å²) < 4.78 is 41.8. The maximum absolute atomic E-state index is 12.6. The highest BCUT2D eigenvalue weighted by Crippen LogP contribution is 2.27. The highest BCUT2D eigenvalue weighted by molar-refractivity contribution is 6.03. The number of carbonyl (C=O) groups excluding carboxylic acids is 3. The van der Waals surface area contributed by atoms with Gasteiger partial charge in [0.15, 0.2) is 0 Å². The van der Waals surface area contributed by atoms with Crippen LogP contribution in [-0.4, -0.2) is 42.3 Å². The molecule has 0 saturated carbocycles. The third-order valence-electron chi connectivity index (χ3n) is 4.96. The summed E-state index contributed by atoms with van der Waals surface area (Å²) in [5, 5.41) is 2.47.